The molecule has 1 aromatic carbocycles. The second-order valence-electron chi connectivity index (χ2n) is 3.94. The number of rotatable bonds is 6. The summed E-state index contributed by atoms with van der Waals surface area (Å²) >= 11 is 9.08. The van der Waals surface area contributed by atoms with E-state index in [4.69, 9.17) is 11.6 Å². The molecule has 17 heavy (non-hydrogen) atoms. The lowest BCUT2D eigenvalue weighted by atomic mass is 10.0. The second kappa shape index (κ2) is 7.72. The molecule has 0 bridgehead atoms. The van der Waals surface area contributed by atoms with Crippen LogP contribution in [0, 0.1) is 5.92 Å². The molecular weight excluding hydrogens is 302 g/mol. The first-order chi connectivity index (χ1) is 8.19. The minimum absolute atomic E-state index is 0.0366. The minimum Gasteiger partial charge on any atom is -0.352 e. The van der Waals surface area contributed by atoms with Gasteiger partial charge in [-0.2, -0.15) is 0 Å². The summed E-state index contributed by atoms with van der Waals surface area (Å²) in [7, 11) is 0. The van der Waals surface area contributed by atoms with E-state index in [-0.39, 0.29) is 5.91 Å². The van der Waals surface area contributed by atoms with Crippen LogP contribution >= 0.6 is 27.5 Å². The van der Waals surface area contributed by atoms with E-state index in [0.29, 0.717) is 23.9 Å². The first kappa shape index (κ1) is 14.5. The molecule has 1 rings (SSSR count). The molecule has 0 heterocycles. The average Bonchev–Trinajstić information content (AvgIpc) is 2.34. The summed E-state index contributed by atoms with van der Waals surface area (Å²) in [6, 6.07) is 7.42. The van der Waals surface area contributed by atoms with Crippen LogP contribution in [0.3, 0.4) is 0 Å². The molecule has 1 aromatic rings. The standard InChI is InChI=1S/C13H17BrClNO/c1-2-10(7-8-15)9-16-13(17)11-5-3-4-6-12(11)14/h3-6,10H,2,7-9H2,1H3,(H,16,17). The quantitative estimate of drug-likeness (QED) is 0.793. The van der Waals surface area contributed by atoms with Crippen LogP contribution in [0.1, 0.15) is 30.1 Å². The highest BCUT2D eigenvalue weighted by Crippen LogP contribution is 2.16. The number of halogens is 2. The van der Waals surface area contributed by atoms with Gasteiger partial charge in [-0.15, -0.1) is 11.6 Å². The zero-order valence-electron chi connectivity index (χ0n) is 9.88. The maximum atomic E-state index is 11.9. The van der Waals surface area contributed by atoms with Crippen molar-refractivity contribution in [2.45, 2.75) is 19.8 Å². The van der Waals surface area contributed by atoms with Crippen molar-refractivity contribution in [2.75, 3.05) is 12.4 Å². The Labute approximate surface area is 116 Å². The van der Waals surface area contributed by atoms with Gasteiger partial charge in [0.1, 0.15) is 0 Å². The molecule has 0 radical (unpaired) electrons. The molecule has 0 saturated carbocycles. The van der Waals surface area contributed by atoms with Crippen molar-refractivity contribution < 1.29 is 4.79 Å². The van der Waals surface area contributed by atoms with Crippen LogP contribution in [0.5, 0.6) is 0 Å². The Kier molecular flexibility index (Phi) is 6.60. The predicted octanol–water partition coefficient (Wildman–Crippen LogP) is 3.83. The maximum absolute atomic E-state index is 11.9. The molecule has 0 aliphatic carbocycles. The van der Waals surface area contributed by atoms with E-state index in [9.17, 15) is 4.79 Å². The Morgan fingerprint density at radius 1 is 1.47 bits per heavy atom. The maximum Gasteiger partial charge on any atom is 0.252 e. The molecule has 0 fully saturated rings. The van der Waals surface area contributed by atoms with E-state index >= 15 is 0 Å². The van der Waals surface area contributed by atoms with Gasteiger partial charge < -0.3 is 5.32 Å². The summed E-state index contributed by atoms with van der Waals surface area (Å²) in [6.45, 7) is 2.80. The Morgan fingerprint density at radius 2 is 2.18 bits per heavy atom. The summed E-state index contributed by atoms with van der Waals surface area (Å²) in [6.07, 6.45) is 1.97. The van der Waals surface area contributed by atoms with Gasteiger partial charge in [0, 0.05) is 16.9 Å². The number of nitrogens with one attached hydrogen (secondary N) is 1. The summed E-state index contributed by atoms with van der Waals surface area (Å²) in [5, 5.41) is 2.95. The number of carbonyl (C=O) groups is 1. The molecular formula is C13H17BrClNO. The van der Waals surface area contributed by atoms with E-state index in [2.05, 4.69) is 28.2 Å². The minimum atomic E-state index is -0.0366. The zero-order valence-corrected chi connectivity index (χ0v) is 12.2. The van der Waals surface area contributed by atoms with Crippen LogP contribution < -0.4 is 5.32 Å². The first-order valence-corrected chi connectivity index (χ1v) is 7.10. The first-order valence-electron chi connectivity index (χ1n) is 5.77. The Morgan fingerprint density at radius 3 is 2.76 bits per heavy atom. The van der Waals surface area contributed by atoms with Crippen molar-refractivity contribution in [2.24, 2.45) is 5.92 Å². The third kappa shape index (κ3) is 4.68. The van der Waals surface area contributed by atoms with E-state index in [1.54, 1.807) is 0 Å². The lowest BCUT2D eigenvalue weighted by Crippen LogP contribution is -2.29. The summed E-state index contributed by atoms with van der Waals surface area (Å²) in [5.41, 5.74) is 0.674. The highest BCUT2D eigenvalue weighted by Gasteiger charge is 2.11. The molecule has 0 spiro atoms. The van der Waals surface area contributed by atoms with Gasteiger partial charge in [-0.05, 0) is 40.4 Å². The van der Waals surface area contributed by atoms with Gasteiger partial charge in [0.25, 0.3) is 5.91 Å². The Bertz CT molecular complexity index is 370. The smallest absolute Gasteiger partial charge is 0.252 e. The topological polar surface area (TPSA) is 29.1 Å². The van der Waals surface area contributed by atoms with Gasteiger partial charge in [-0.1, -0.05) is 25.5 Å². The molecule has 1 N–H and O–H groups in total. The van der Waals surface area contributed by atoms with Gasteiger partial charge in [0.2, 0.25) is 0 Å². The molecule has 0 aromatic heterocycles. The van der Waals surface area contributed by atoms with Gasteiger partial charge in [0.15, 0.2) is 0 Å². The summed E-state index contributed by atoms with van der Waals surface area (Å²) in [5.74, 6) is 1.06. The fraction of sp³-hybridized carbons (Fsp3) is 0.462. The molecule has 1 unspecified atom stereocenters. The Balaban J connectivity index is 2.52. The van der Waals surface area contributed by atoms with Crippen molar-refractivity contribution in [3.8, 4) is 0 Å². The third-order valence-electron chi connectivity index (χ3n) is 2.76. The molecule has 1 atom stereocenters. The Hall–Kier alpha value is -0.540. The van der Waals surface area contributed by atoms with Crippen molar-refractivity contribution in [3.05, 3.63) is 34.3 Å². The van der Waals surface area contributed by atoms with Crippen LogP contribution in [-0.4, -0.2) is 18.3 Å². The van der Waals surface area contributed by atoms with E-state index in [0.717, 1.165) is 17.3 Å². The molecule has 0 aliphatic heterocycles. The molecule has 0 saturated heterocycles. The molecule has 0 aliphatic rings. The number of hydrogen-bond donors (Lipinski definition) is 1. The molecule has 94 valence electrons. The average molecular weight is 319 g/mol. The normalized spacial score (nSPS) is 12.2. The lowest BCUT2D eigenvalue weighted by Gasteiger charge is -2.14. The van der Waals surface area contributed by atoms with E-state index < -0.39 is 0 Å². The van der Waals surface area contributed by atoms with Crippen molar-refractivity contribution in [3.63, 3.8) is 0 Å². The van der Waals surface area contributed by atoms with Crippen LogP contribution in [0.2, 0.25) is 0 Å². The van der Waals surface area contributed by atoms with Gasteiger partial charge >= 0.3 is 0 Å². The molecule has 4 heteroatoms. The van der Waals surface area contributed by atoms with Gasteiger partial charge in [0.05, 0.1) is 5.56 Å². The predicted molar refractivity (Wildman–Crippen MR) is 75.6 cm³/mol. The largest absolute Gasteiger partial charge is 0.352 e. The monoisotopic (exact) mass is 317 g/mol. The van der Waals surface area contributed by atoms with Gasteiger partial charge in [-0.25, -0.2) is 0 Å². The summed E-state index contributed by atoms with van der Waals surface area (Å²) < 4.78 is 0.822. The van der Waals surface area contributed by atoms with E-state index in [1.165, 1.54) is 0 Å². The SMILES string of the molecule is CCC(CCCl)CNC(=O)c1ccccc1Br. The number of alkyl halides is 1. The van der Waals surface area contributed by atoms with Crippen LogP contribution in [0.4, 0.5) is 0 Å². The van der Waals surface area contributed by atoms with Crippen LogP contribution in [-0.2, 0) is 0 Å². The van der Waals surface area contributed by atoms with Crippen molar-refractivity contribution in [1.82, 2.24) is 5.32 Å². The zero-order chi connectivity index (χ0) is 12.7. The second-order valence-corrected chi connectivity index (χ2v) is 5.17. The number of carbonyl (C=O) groups excluding carboxylic acids is 1. The van der Waals surface area contributed by atoms with Gasteiger partial charge in [-0.3, -0.25) is 4.79 Å². The fourth-order valence-electron chi connectivity index (χ4n) is 1.58. The lowest BCUT2D eigenvalue weighted by molar-refractivity contribution is 0.0945. The summed E-state index contributed by atoms with van der Waals surface area (Å²) in [4.78, 5) is 11.9. The van der Waals surface area contributed by atoms with Crippen molar-refractivity contribution in [1.29, 1.82) is 0 Å². The number of hydrogen-bond acceptors (Lipinski definition) is 1. The highest BCUT2D eigenvalue weighted by molar-refractivity contribution is 9.10. The highest BCUT2D eigenvalue weighted by atomic mass is 79.9. The van der Waals surface area contributed by atoms with Crippen LogP contribution in [0.25, 0.3) is 0 Å². The molecule has 2 nitrogen and oxygen atoms in total. The molecule has 1 amide bonds. The van der Waals surface area contributed by atoms with Crippen LogP contribution in [0.15, 0.2) is 28.7 Å². The third-order valence-corrected chi connectivity index (χ3v) is 3.67. The number of benzene rings is 1. The van der Waals surface area contributed by atoms with Crippen molar-refractivity contribution >= 4 is 33.4 Å². The number of amides is 1. The van der Waals surface area contributed by atoms with E-state index in [1.807, 2.05) is 24.3 Å². The fourth-order valence-corrected chi connectivity index (χ4v) is 2.36.